The molecule has 1 saturated heterocycles. The Morgan fingerprint density at radius 1 is 1.35 bits per heavy atom. The van der Waals surface area contributed by atoms with Gasteiger partial charge >= 0.3 is 0 Å². The first kappa shape index (κ1) is 14.8. The number of hydrogen-bond donors (Lipinski definition) is 1. The Morgan fingerprint density at radius 3 is 2.65 bits per heavy atom. The third kappa shape index (κ3) is 4.20. The van der Waals surface area contributed by atoms with Crippen LogP contribution < -0.4 is 10.1 Å². The number of hydrogen-bond acceptors (Lipinski definition) is 3. The lowest BCUT2D eigenvalue weighted by molar-refractivity contribution is -0.132. The van der Waals surface area contributed by atoms with Crippen molar-refractivity contribution in [3.8, 4) is 5.75 Å². The number of carbonyl (C=O) groups is 1. The van der Waals surface area contributed by atoms with Crippen LogP contribution in [0.5, 0.6) is 5.75 Å². The maximum atomic E-state index is 12.7. The van der Waals surface area contributed by atoms with Gasteiger partial charge in [-0.1, -0.05) is 0 Å². The first-order chi connectivity index (χ1) is 9.66. The molecule has 0 bridgehead atoms. The van der Waals surface area contributed by atoms with Gasteiger partial charge in [0.2, 0.25) is 5.91 Å². The van der Waals surface area contributed by atoms with E-state index in [-0.39, 0.29) is 11.7 Å². The van der Waals surface area contributed by atoms with E-state index in [0.717, 1.165) is 25.9 Å². The van der Waals surface area contributed by atoms with Crippen molar-refractivity contribution in [2.45, 2.75) is 25.3 Å². The van der Waals surface area contributed by atoms with E-state index < -0.39 is 0 Å². The molecule has 1 aromatic rings. The Bertz CT molecular complexity index is 430. The number of carbonyl (C=O) groups excluding carboxylic acids is 1. The highest BCUT2D eigenvalue weighted by Crippen LogP contribution is 2.13. The lowest BCUT2D eigenvalue weighted by Gasteiger charge is -2.31. The Balaban J connectivity index is 1.72. The van der Waals surface area contributed by atoms with Gasteiger partial charge in [0, 0.05) is 13.1 Å². The van der Waals surface area contributed by atoms with Gasteiger partial charge in [-0.15, -0.1) is 0 Å². The van der Waals surface area contributed by atoms with Crippen molar-refractivity contribution in [3.63, 3.8) is 0 Å². The molecule has 1 fully saturated rings. The molecule has 1 aliphatic heterocycles. The largest absolute Gasteiger partial charge is 0.493 e. The van der Waals surface area contributed by atoms with Crippen LogP contribution in [0.25, 0.3) is 0 Å². The second-order valence-corrected chi connectivity index (χ2v) is 5.04. The summed E-state index contributed by atoms with van der Waals surface area (Å²) in [6.45, 7) is 2.25. The van der Waals surface area contributed by atoms with Crippen molar-refractivity contribution < 1.29 is 13.9 Å². The van der Waals surface area contributed by atoms with Crippen LogP contribution in [0.4, 0.5) is 4.39 Å². The van der Waals surface area contributed by atoms with Crippen molar-refractivity contribution in [2.75, 3.05) is 26.7 Å². The lowest BCUT2D eigenvalue weighted by atomic mass is 10.1. The molecule has 0 spiro atoms. The van der Waals surface area contributed by atoms with Gasteiger partial charge in [0.1, 0.15) is 11.6 Å². The fourth-order valence-corrected chi connectivity index (χ4v) is 2.36. The van der Waals surface area contributed by atoms with Crippen molar-refractivity contribution in [2.24, 2.45) is 0 Å². The summed E-state index contributed by atoms with van der Waals surface area (Å²) in [5, 5.41) is 3.28. The third-order valence-electron chi connectivity index (χ3n) is 3.65. The van der Waals surface area contributed by atoms with E-state index in [1.54, 1.807) is 12.1 Å². The van der Waals surface area contributed by atoms with E-state index >= 15 is 0 Å². The number of amides is 1. The highest BCUT2D eigenvalue weighted by Gasteiger charge is 2.21. The molecule has 0 aliphatic carbocycles. The standard InChI is InChI=1S/C15H21FN2O2/c1-18(13-6-9-17-10-7-13)15(19)8-11-20-14-4-2-12(16)3-5-14/h2-5,13,17H,6-11H2,1H3. The van der Waals surface area contributed by atoms with E-state index in [1.807, 2.05) is 11.9 Å². The highest BCUT2D eigenvalue weighted by molar-refractivity contribution is 5.76. The summed E-state index contributed by atoms with van der Waals surface area (Å²) < 4.78 is 18.2. The van der Waals surface area contributed by atoms with Crippen LogP contribution in [-0.2, 0) is 4.79 Å². The number of nitrogens with one attached hydrogen (secondary N) is 1. The number of halogens is 1. The van der Waals surface area contributed by atoms with Crippen LogP contribution in [0.3, 0.4) is 0 Å². The van der Waals surface area contributed by atoms with Gasteiger partial charge in [0.15, 0.2) is 0 Å². The summed E-state index contributed by atoms with van der Waals surface area (Å²) in [5.41, 5.74) is 0. The lowest BCUT2D eigenvalue weighted by Crippen LogP contribution is -2.44. The smallest absolute Gasteiger partial charge is 0.225 e. The zero-order valence-corrected chi connectivity index (χ0v) is 11.8. The second-order valence-electron chi connectivity index (χ2n) is 5.04. The molecule has 0 saturated carbocycles. The van der Waals surface area contributed by atoms with Crippen LogP contribution in [-0.4, -0.2) is 43.6 Å². The molecule has 0 radical (unpaired) electrons. The number of benzene rings is 1. The van der Waals surface area contributed by atoms with Gasteiger partial charge in [-0.2, -0.15) is 0 Å². The topological polar surface area (TPSA) is 41.6 Å². The molecular formula is C15H21FN2O2. The SMILES string of the molecule is CN(C(=O)CCOc1ccc(F)cc1)C1CCNCC1. The molecule has 20 heavy (non-hydrogen) atoms. The van der Waals surface area contributed by atoms with E-state index in [0.29, 0.717) is 24.8 Å². The highest BCUT2D eigenvalue weighted by atomic mass is 19.1. The monoisotopic (exact) mass is 280 g/mol. The van der Waals surface area contributed by atoms with Crippen LogP contribution >= 0.6 is 0 Å². The maximum absolute atomic E-state index is 12.7. The Kier molecular flexibility index (Phi) is 5.35. The summed E-state index contributed by atoms with van der Waals surface area (Å²) in [6, 6.07) is 6.15. The molecule has 110 valence electrons. The molecule has 2 rings (SSSR count). The van der Waals surface area contributed by atoms with E-state index in [1.165, 1.54) is 12.1 Å². The Hall–Kier alpha value is -1.62. The average molecular weight is 280 g/mol. The molecule has 0 atom stereocenters. The van der Waals surface area contributed by atoms with Gasteiger partial charge in [0.05, 0.1) is 13.0 Å². The summed E-state index contributed by atoms with van der Waals surface area (Å²) in [5.74, 6) is 0.391. The summed E-state index contributed by atoms with van der Waals surface area (Å²) in [4.78, 5) is 13.9. The third-order valence-corrected chi connectivity index (χ3v) is 3.65. The first-order valence-corrected chi connectivity index (χ1v) is 7.01. The molecule has 1 amide bonds. The fourth-order valence-electron chi connectivity index (χ4n) is 2.36. The zero-order chi connectivity index (χ0) is 14.4. The van der Waals surface area contributed by atoms with E-state index in [4.69, 9.17) is 4.74 Å². The Labute approximate surface area is 118 Å². The van der Waals surface area contributed by atoms with Gasteiger partial charge < -0.3 is 15.0 Å². The van der Waals surface area contributed by atoms with Crippen LogP contribution in [0.15, 0.2) is 24.3 Å². The van der Waals surface area contributed by atoms with Gasteiger partial charge in [-0.3, -0.25) is 4.79 Å². The van der Waals surface area contributed by atoms with E-state index in [2.05, 4.69) is 5.32 Å². The van der Waals surface area contributed by atoms with Crippen molar-refractivity contribution in [1.29, 1.82) is 0 Å². The first-order valence-electron chi connectivity index (χ1n) is 7.01. The van der Waals surface area contributed by atoms with Gasteiger partial charge in [-0.25, -0.2) is 4.39 Å². The summed E-state index contributed by atoms with van der Waals surface area (Å²) in [7, 11) is 1.86. The maximum Gasteiger partial charge on any atom is 0.225 e. The van der Waals surface area contributed by atoms with Gasteiger partial charge in [0.25, 0.3) is 0 Å². The van der Waals surface area contributed by atoms with Crippen molar-refractivity contribution in [1.82, 2.24) is 10.2 Å². The predicted octanol–water partition coefficient (Wildman–Crippen LogP) is 1.81. The molecule has 1 N–H and O–H groups in total. The summed E-state index contributed by atoms with van der Waals surface area (Å²) in [6.07, 6.45) is 2.35. The number of piperidine rings is 1. The minimum Gasteiger partial charge on any atom is -0.493 e. The molecule has 5 heteroatoms. The number of ether oxygens (including phenoxy) is 1. The van der Waals surface area contributed by atoms with Gasteiger partial charge in [-0.05, 0) is 50.2 Å². The second kappa shape index (κ2) is 7.24. The quantitative estimate of drug-likeness (QED) is 0.894. The predicted molar refractivity (Wildman–Crippen MR) is 75.2 cm³/mol. The molecule has 1 aromatic carbocycles. The average Bonchev–Trinajstić information content (AvgIpc) is 2.49. The minimum absolute atomic E-state index is 0.0963. The molecule has 4 nitrogen and oxygen atoms in total. The molecule has 1 heterocycles. The Morgan fingerprint density at radius 2 is 2.00 bits per heavy atom. The number of nitrogens with zero attached hydrogens (tertiary/aromatic N) is 1. The minimum atomic E-state index is -0.293. The molecule has 0 aromatic heterocycles. The van der Waals surface area contributed by atoms with Crippen LogP contribution in [0.2, 0.25) is 0 Å². The fraction of sp³-hybridized carbons (Fsp3) is 0.533. The van der Waals surface area contributed by atoms with Crippen molar-refractivity contribution in [3.05, 3.63) is 30.1 Å². The molecular weight excluding hydrogens is 259 g/mol. The molecule has 1 aliphatic rings. The normalized spacial score (nSPS) is 15.9. The molecule has 0 unspecified atom stereocenters. The van der Waals surface area contributed by atoms with Crippen molar-refractivity contribution >= 4 is 5.91 Å². The van der Waals surface area contributed by atoms with Crippen LogP contribution in [0, 0.1) is 5.82 Å². The number of rotatable bonds is 5. The van der Waals surface area contributed by atoms with Crippen LogP contribution in [0.1, 0.15) is 19.3 Å². The summed E-state index contributed by atoms with van der Waals surface area (Å²) >= 11 is 0. The zero-order valence-electron chi connectivity index (χ0n) is 11.8. The van der Waals surface area contributed by atoms with E-state index in [9.17, 15) is 9.18 Å².